The molecule has 1 saturated heterocycles. The zero-order valence-corrected chi connectivity index (χ0v) is 17.1. The van der Waals surface area contributed by atoms with Crippen LogP contribution in [0.5, 0.6) is 0 Å². The van der Waals surface area contributed by atoms with Crippen molar-refractivity contribution in [2.45, 2.75) is 40.0 Å². The van der Waals surface area contributed by atoms with Gasteiger partial charge in [0.05, 0.1) is 18.5 Å². The molecule has 138 valence electrons. The van der Waals surface area contributed by atoms with Gasteiger partial charge in [0.2, 0.25) is 6.41 Å². The van der Waals surface area contributed by atoms with Crippen LogP contribution in [0.25, 0.3) is 0 Å². The van der Waals surface area contributed by atoms with E-state index in [1.807, 2.05) is 0 Å². The van der Waals surface area contributed by atoms with E-state index in [4.69, 9.17) is 12.9 Å². The predicted molar refractivity (Wildman–Crippen MR) is 91.3 cm³/mol. The van der Waals surface area contributed by atoms with Crippen LogP contribution in [0.15, 0.2) is 0 Å². The molecule has 0 unspecified atom stereocenters. The van der Waals surface area contributed by atoms with Gasteiger partial charge >= 0.3 is 22.8 Å². The first kappa shape index (κ1) is 23.0. The molecular formula is C12H28NO7P3. The molecule has 1 aliphatic rings. The van der Waals surface area contributed by atoms with Gasteiger partial charge in [-0.25, -0.2) is 12.9 Å². The molecule has 23 heavy (non-hydrogen) atoms. The summed E-state index contributed by atoms with van der Waals surface area (Å²) in [7, 11) is -7.33. The lowest BCUT2D eigenvalue weighted by atomic mass is 10.6. The Kier molecular flexibility index (Phi) is 10.1. The summed E-state index contributed by atoms with van der Waals surface area (Å²) in [6.45, 7) is 5.41. The summed E-state index contributed by atoms with van der Waals surface area (Å²) < 4.78 is 52.3. The molecule has 0 N–H and O–H groups in total. The molecule has 0 aromatic rings. The Labute approximate surface area is 138 Å². The summed E-state index contributed by atoms with van der Waals surface area (Å²) in [5, 5.41) is 0. The first-order valence-corrected chi connectivity index (χ1v) is 12.8. The number of nitrogens with zero attached hydrogens (tertiary/aromatic N) is 1. The summed E-state index contributed by atoms with van der Waals surface area (Å²) in [6.07, 6.45) is 2.69. The molecule has 11 heteroatoms. The molecule has 1 fully saturated rings. The van der Waals surface area contributed by atoms with Crippen LogP contribution in [0.2, 0.25) is 0 Å². The SMILES string of the molecule is CCCP1(=O)OP(=O)(CCC)OP(=O)(CCC)O1.CN(C)C=O. The number of carbonyl (C=O) groups excluding carboxylic acids is 1. The lowest BCUT2D eigenvalue weighted by Crippen LogP contribution is -2.10. The number of amides is 1. The first-order chi connectivity index (χ1) is 10.6. The van der Waals surface area contributed by atoms with E-state index < -0.39 is 22.8 Å². The Balaban J connectivity index is 0.000000841. The summed E-state index contributed by atoms with van der Waals surface area (Å²) in [4.78, 5) is 10.9. The standard InChI is InChI=1S/C9H21O6P3.C3H7NO/c1-4-7-16(10)13-17(11,8-5-2)15-18(12,14-16)9-6-3;1-4(2)3-5/h4-9H2,1-3H3;3H,1-2H3. The maximum Gasteiger partial charge on any atom is 0.345 e. The minimum atomic E-state index is -3.57. The second-order valence-electron chi connectivity index (χ2n) is 5.32. The highest BCUT2D eigenvalue weighted by Gasteiger charge is 2.51. The third-order valence-corrected chi connectivity index (χ3v) is 11.4. The Morgan fingerprint density at radius 1 is 0.739 bits per heavy atom. The van der Waals surface area contributed by atoms with Gasteiger partial charge in [0.1, 0.15) is 0 Å². The first-order valence-electron chi connectivity index (χ1n) is 7.60. The van der Waals surface area contributed by atoms with E-state index in [1.54, 1.807) is 34.9 Å². The fraction of sp³-hybridized carbons (Fsp3) is 0.917. The van der Waals surface area contributed by atoms with Crippen molar-refractivity contribution in [3.05, 3.63) is 0 Å². The van der Waals surface area contributed by atoms with Crippen LogP contribution in [0.1, 0.15) is 40.0 Å². The average molecular weight is 391 g/mol. The van der Waals surface area contributed by atoms with Crippen LogP contribution in [0.4, 0.5) is 0 Å². The van der Waals surface area contributed by atoms with Crippen molar-refractivity contribution in [2.75, 3.05) is 32.6 Å². The van der Waals surface area contributed by atoms with E-state index in [-0.39, 0.29) is 18.5 Å². The van der Waals surface area contributed by atoms with Crippen LogP contribution in [-0.4, -0.2) is 43.9 Å². The van der Waals surface area contributed by atoms with Crippen molar-refractivity contribution < 1.29 is 31.4 Å². The molecule has 0 spiro atoms. The number of hydrogen-bond acceptors (Lipinski definition) is 7. The van der Waals surface area contributed by atoms with Gasteiger partial charge < -0.3 is 4.90 Å². The lowest BCUT2D eigenvalue weighted by Gasteiger charge is -2.33. The molecule has 0 aromatic carbocycles. The fourth-order valence-corrected chi connectivity index (χ4v) is 11.0. The minimum absolute atomic E-state index is 0.109. The van der Waals surface area contributed by atoms with E-state index >= 15 is 0 Å². The minimum Gasteiger partial charge on any atom is -0.351 e. The van der Waals surface area contributed by atoms with Crippen molar-refractivity contribution in [3.8, 4) is 0 Å². The molecule has 1 amide bonds. The Morgan fingerprint density at radius 2 is 0.957 bits per heavy atom. The molecule has 1 rings (SSSR count). The van der Waals surface area contributed by atoms with Crippen molar-refractivity contribution in [2.24, 2.45) is 0 Å². The third-order valence-electron chi connectivity index (χ3n) is 2.45. The van der Waals surface area contributed by atoms with Gasteiger partial charge in [-0.1, -0.05) is 20.8 Å². The van der Waals surface area contributed by atoms with E-state index in [2.05, 4.69) is 0 Å². The van der Waals surface area contributed by atoms with Crippen LogP contribution in [0, 0.1) is 0 Å². The molecular weight excluding hydrogens is 363 g/mol. The summed E-state index contributed by atoms with van der Waals surface area (Å²) in [6, 6.07) is 0. The molecule has 1 aliphatic heterocycles. The molecule has 0 atom stereocenters. The van der Waals surface area contributed by atoms with Crippen LogP contribution in [-0.2, 0) is 31.4 Å². The van der Waals surface area contributed by atoms with E-state index in [0.29, 0.717) is 19.3 Å². The smallest absolute Gasteiger partial charge is 0.345 e. The molecule has 1 heterocycles. The van der Waals surface area contributed by atoms with Crippen molar-refractivity contribution >= 4 is 29.2 Å². The Hall–Kier alpha value is 0.0400. The average Bonchev–Trinajstić information content (AvgIpc) is 2.37. The van der Waals surface area contributed by atoms with E-state index in [0.717, 1.165) is 6.41 Å². The highest BCUT2D eigenvalue weighted by molar-refractivity contribution is 7.80. The van der Waals surface area contributed by atoms with Gasteiger partial charge in [0.25, 0.3) is 0 Å². The van der Waals surface area contributed by atoms with Crippen molar-refractivity contribution in [1.82, 2.24) is 4.90 Å². The van der Waals surface area contributed by atoms with Gasteiger partial charge in [-0.05, 0) is 19.3 Å². The van der Waals surface area contributed by atoms with E-state index in [1.165, 1.54) is 4.90 Å². The largest absolute Gasteiger partial charge is 0.351 e. The second kappa shape index (κ2) is 10.1. The summed E-state index contributed by atoms with van der Waals surface area (Å²) in [5.41, 5.74) is 0. The van der Waals surface area contributed by atoms with Crippen LogP contribution < -0.4 is 0 Å². The maximum atomic E-state index is 12.3. The van der Waals surface area contributed by atoms with Crippen LogP contribution >= 0.6 is 22.8 Å². The fourth-order valence-electron chi connectivity index (χ4n) is 1.68. The van der Waals surface area contributed by atoms with E-state index in [9.17, 15) is 18.5 Å². The van der Waals surface area contributed by atoms with Gasteiger partial charge in [-0.3, -0.25) is 18.5 Å². The van der Waals surface area contributed by atoms with Crippen molar-refractivity contribution in [1.29, 1.82) is 0 Å². The second-order valence-corrected chi connectivity index (χ2v) is 12.3. The quantitative estimate of drug-likeness (QED) is 0.463. The molecule has 0 radical (unpaired) electrons. The third kappa shape index (κ3) is 8.62. The normalized spacial score (nSPS) is 33.4. The van der Waals surface area contributed by atoms with Gasteiger partial charge in [0.15, 0.2) is 0 Å². The van der Waals surface area contributed by atoms with Gasteiger partial charge in [0, 0.05) is 14.1 Å². The van der Waals surface area contributed by atoms with Gasteiger partial charge in [-0.15, -0.1) is 0 Å². The maximum absolute atomic E-state index is 12.3. The lowest BCUT2D eigenvalue weighted by molar-refractivity contribution is -0.115. The topological polar surface area (TPSA) is 99.2 Å². The van der Waals surface area contributed by atoms with Crippen LogP contribution in [0.3, 0.4) is 0 Å². The predicted octanol–water partition coefficient (Wildman–Crippen LogP) is 4.56. The summed E-state index contributed by atoms with van der Waals surface area (Å²) >= 11 is 0. The Morgan fingerprint density at radius 3 is 1.09 bits per heavy atom. The number of carbonyl (C=O) groups is 1. The molecule has 0 saturated carbocycles. The zero-order valence-electron chi connectivity index (χ0n) is 14.5. The number of rotatable bonds is 7. The highest BCUT2D eigenvalue weighted by Crippen LogP contribution is 2.82. The monoisotopic (exact) mass is 391 g/mol. The molecule has 0 aliphatic carbocycles. The molecule has 0 bridgehead atoms. The molecule has 0 aromatic heterocycles. The summed E-state index contributed by atoms with van der Waals surface area (Å²) in [5.74, 6) is 0. The zero-order chi connectivity index (χ0) is 18.1. The Bertz CT molecular complexity index is 429. The number of hydrogen-bond donors (Lipinski definition) is 0. The molecule has 8 nitrogen and oxygen atoms in total. The van der Waals surface area contributed by atoms with Gasteiger partial charge in [-0.2, -0.15) is 0 Å². The van der Waals surface area contributed by atoms with Crippen molar-refractivity contribution in [3.63, 3.8) is 0 Å². The highest BCUT2D eigenvalue weighted by atomic mass is 31.3.